The molecule has 0 aliphatic carbocycles. The van der Waals surface area contributed by atoms with Crippen LogP contribution in [0.2, 0.25) is 0 Å². The Morgan fingerprint density at radius 2 is 2.00 bits per heavy atom. The highest BCUT2D eigenvalue weighted by molar-refractivity contribution is 5.85. The summed E-state index contributed by atoms with van der Waals surface area (Å²) in [7, 11) is 0. The first-order valence-electron chi connectivity index (χ1n) is 7.88. The van der Waals surface area contributed by atoms with Crippen molar-refractivity contribution in [1.82, 2.24) is 4.90 Å². The highest BCUT2D eigenvalue weighted by Crippen LogP contribution is 2.26. The minimum Gasteiger partial charge on any atom is -0.372 e. The first kappa shape index (κ1) is 18.9. The maximum Gasteiger partial charge on any atom is 0.248 e. The van der Waals surface area contributed by atoms with E-state index in [0.717, 1.165) is 19.3 Å². The van der Waals surface area contributed by atoms with Gasteiger partial charge in [0, 0.05) is 31.7 Å². The molecule has 2 rings (SSSR count). The van der Waals surface area contributed by atoms with Crippen LogP contribution in [0.15, 0.2) is 30.3 Å². The number of amides is 1. The zero-order valence-electron chi connectivity index (χ0n) is 13.2. The third-order valence-electron chi connectivity index (χ3n) is 4.06. The summed E-state index contributed by atoms with van der Waals surface area (Å²) in [4.78, 5) is 14.0. The molecule has 4 nitrogen and oxygen atoms in total. The van der Waals surface area contributed by atoms with Crippen LogP contribution in [0.25, 0.3) is 0 Å². The zero-order valence-corrected chi connectivity index (χ0v) is 14.1. The number of rotatable bonds is 7. The van der Waals surface area contributed by atoms with Gasteiger partial charge in [-0.3, -0.25) is 4.79 Å². The molecule has 22 heavy (non-hydrogen) atoms. The first-order chi connectivity index (χ1) is 10.2. The van der Waals surface area contributed by atoms with Crippen molar-refractivity contribution in [1.29, 1.82) is 0 Å². The number of unbranched alkanes of at least 4 members (excludes halogenated alkanes) is 2. The van der Waals surface area contributed by atoms with Crippen LogP contribution in [0, 0.1) is 0 Å². The SMILES string of the molecule is CCCCCOCC(=O)N1C[C@@H](N)[C@H](c2ccccc2)C1.Cl. The number of hydrogen-bond donors (Lipinski definition) is 1. The highest BCUT2D eigenvalue weighted by Gasteiger charge is 2.33. The van der Waals surface area contributed by atoms with Gasteiger partial charge in [-0.1, -0.05) is 50.1 Å². The summed E-state index contributed by atoms with van der Waals surface area (Å²) in [6.07, 6.45) is 3.34. The lowest BCUT2D eigenvalue weighted by Gasteiger charge is -2.16. The smallest absolute Gasteiger partial charge is 0.248 e. The number of likely N-dealkylation sites (tertiary alicyclic amines) is 1. The zero-order chi connectivity index (χ0) is 15.1. The van der Waals surface area contributed by atoms with Crippen LogP contribution in [0.4, 0.5) is 0 Å². The Kier molecular flexibility index (Phi) is 8.46. The van der Waals surface area contributed by atoms with Crippen molar-refractivity contribution in [2.24, 2.45) is 5.73 Å². The molecular weight excluding hydrogens is 300 g/mol. The molecule has 2 N–H and O–H groups in total. The van der Waals surface area contributed by atoms with E-state index < -0.39 is 0 Å². The second-order valence-corrected chi connectivity index (χ2v) is 5.74. The van der Waals surface area contributed by atoms with Gasteiger partial charge < -0.3 is 15.4 Å². The molecular formula is C17H27ClN2O2. The number of ether oxygens (including phenoxy) is 1. The van der Waals surface area contributed by atoms with E-state index in [-0.39, 0.29) is 36.9 Å². The molecule has 0 radical (unpaired) electrons. The molecule has 0 aromatic heterocycles. The van der Waals surface area contributed by atoms with Crippen molar-refractivity contribution >= 4 is 18.3 Å². The molecule has 0 spiro atoms. The molecule has 0 bridgehead atoms. The lowest BCUT2D eigenvalue weighted by molar-refractivity contribution is -0.135. The second kappa shape index (κ2) is 9.82. The Morgan fingerprint density at radius 1 is 1.27 bits per heavy atom. The maximum absolute atomic E-state index is 12.1. The minimum absolute atomic E-state index is 0. The van der Waals surface area contributed by atoms with Crippen molar-refractivity contribution in [3.8, 4) is 0 Å². The molecule has 0 saturated carbocycles. The van der Waals surface area contributed by atoms with Crippen molar-refractivity contribution in [2.45, 2.75) is 38.1 Å². The van der Waals surface area contributed by atoms with E-state index in [0.29, 0.717) is 19.7 Å². The van der Waals surface area contributed by atoms with Gasteiger partial charge in [-0.2, -0.15) is 0 Å². The van der Waals surface area contributed by atoms with Crippen LogP contribution in [-0.2, 0) is 9.53 Å². The van der Waals surface area contributed by atoms with Crippen LogP contribution >= 0.6 is 12.4 Å². The number of nitrogens with zero attached hydrogens (tertiary/aromatic N) is 1. The standard InChI is InChI=1S/C17H26N2O2.ClH/c1-2-3-7-10-21-13-17(20)19-11-15(16(18)12-19)14-8-5-4-6-9-14;/h4-6,8-9,15-16H,2-3,7,10-13,18H2,1H3;1H/t15-,16+;/m0./s1. The predicted octanol–water partition coefficient (Wildman–Crippen LogP) is 2.57. The lowest BCUT2D eigenvalue weighted by Crippen LogP contribution is -2.34. The van der Waals surface area contributed by atoms with Gasteiger partial charge in [0.05, 0.1) is 0 Å². The van der Waals surface area contributed by atoms with E-state index in [1.807, 2.05) is 23.1 Å². The van der Waals surface area contributed by atoms with Gasteiger partial charge in [-0.25, -0.2) is 0 Å². The van der Waals surface area contributed by atoms with Crippen LogP contribution in [-0.4, -0.2) is 43.2 Å². The summed E-state index contributed by atoms with van der Waals surface area (Å²) < 4.78 is 5.45. The van der Waals surface area contributed by atoms with Crippen LogP contribution in [0.1, 0.15) is 37.7 Å². The Hall–Kier alpha value is -1.10. The van der Waals surface area contributed by atoms with Crippen LogP contribution in [0.3, 0.4) is 0 Å². The number of benzene rings is 1. The topological polar surface area (TPSA) is 55.6 Å². The minimum atomic E-state index is 0. The molecule has 124 valence electrons. The summed E-state index contributed by atoms with van der Waals surface area (Å²) in [6.45, 7) is 4.32. The Labute approximate surface area is 139 Å². The van der Waals surface area contributed by atoms with Crippen molar-refractivity contribution in [3.63, 3.8) is 0 Å². The fourth-order valence-corrected chi connectivity index (χ4v) is 2.79. The number of carbonyl (C=O) groups is 1. The molecule has 1 saturated heterocycles. The first-order valence-corrected chi connectivity index (χ1v) is 7.88. The number of hydrogen-bond acceptors (Lipinski definition) is 3. The molecule has 1 fully saturated rings. The van der Waals surface area contributed by atoms with Gasteiger partial charge in [0.1, 0.15) is 6.61 Å². The van der Waals surface area contributed by atoms with Gasteiger partial charge in [-0.05, 0) is 12.0 Å². The molecule has 1 aliphatic heterocycles. The summed E-state index contributed by atoms with van der Waals surface area (Å²) in [5, 5.41) is 0. The summed E-state index contributed by atoms with van der Waals surface area (Å²) >= 11 is 0. The monoisotopic (exact) mass is 326 g/mol. The molecule has 1 aromatic rings. The highest BCUT2D eigenvalue weighted by atomic mass is 35.5. The van der Waals surface area contributed by atoms with E-state index in [2.05, 4.69) is 19.1 Å². The van der Waals surface area contributed by atoms with E-state index in [1.54, 1.807) is 0 Å². The second-order valence-electron chi connectivity index (χ2n) is 5.74. The summed E-state index contributed by atoms with van der Waals surface area (Å²) in [5.74, 6) is 0.288. The van der Waals surface area contributed by atoms with Crippen molar-refractivity contribution in [3.05, 3.63) is 35.9 Å². The molecule has 5 heteroatoms. The molecule has 0 unspecified atom stereocenters. The quantitative estimate of drug-likeness (QED) is 0.783. The fourth-order valence-electron chi connectivity index (χ4n) is 2.79. The third-order valence-corrected chi connectivity index (χ3v) is 4.06. The number of carbonyl (C=O) groups excluding carboxylic acids is 1. The molecule has 1 aromatic carbocycles. The largest absolute Gasteiger partial charge is 0.372 e. The Bertz CT molecular complexity index is 442. The van der Waals surface area contributed by atoms with Gasteiger partial charge >= 0.3 is 0 Å². The van der Waals surface area contributed by atoms with Crippen LogP contribution in [0.5, 0.6) is 0 Å². The lowest BCUT2D eigenvalue weighted by atomic mass is 9.95. The Balaban J connectivity index is 0.00000242. The molecule has 1 aliphatic rings. The van der Waals surface area contributed by atoms with E-state index in [9.17, 15) is 4.79 Å². The van der Waals surface area contributed by atoms with E-state index >= 15 is 0 Å². The van der Waals surface area contributed by atoms with Crippen molar-refractivity contribution < 1.29 is 9.53 Å². The average Bonchev–Trinajstić information content (AvgIpc) is 2.90. The van der Waals surface area contributed by atoms with Gasteiger partial charge in [0.15, 0.2) is 0 Å². The summed E-state index contributed by atoms with van der Waals surface area (Å²) in [5.41, 5.74) is 7.41. The molecule has 2 atom stereocenters. The maximum atomic E-state index is 12.1. The van der Waals surface area contributed by atoms with Gasteiger partial charge in [-0.15, -0.1) is 12.4 Å². The van der Waals surface area contributed by atoms with Crippen molar-refractivity contribution in [2.75, 3.05) is 26.3 Å². The van der Waals surface area contributed by atoms with Gasteiger partial charge in [0.25, 0.3) is 0 Å². The average molecular weight is 327 g/mol. The van der Waals surface area contributed by atoms with E-state index in [1.165, 1.54) is 5.56 Å². The Morgan fingerprint density at radius 3 is 2.68 bits per heavy atom. The molecule has 1 amide bonds. The number of halogens is 1. The normalized spacial score (nSPS) is 20.7. The fraction of sp³-hybridized carbons (Fsp3) is 0.588. The van der Waals surface area contributed by atoms with Crippen LogP contribution < -0.4 is 5.73 Å². The third kappa shape index (κ3) is 5.27. The number of nitrogens with two attached hydrogens (primary N) is 1. The van der Waals surface area contributed by atoms with Gasteiger partial charge in [0.2, 0.25) is 5.91 Å². The summed E-state index contributed by atoms with van der Waals surface area (Å²) in [6, 6.07) is 10.2. The molecule has 1 heterocycles. The van der Waals surface area contributed by atoms with E-state index in [4.69, 9.17) is 10.5 Å². The predicted molar refractivity (Wildman–Crippen MR) is 91.3 cm³/mol.